The van der Waals surface area contributed by atoms with Gasteiger partial charge in [-0.1, -0.05) is 12.1 Å². The van der Waals surface area contributed by atoms with Gasteiger partial charge in [0.05, 0.1) is 19.6 Å². The van der Waals surface area contributed by atoms with Crippen LogP contribution in [0.1, 0.15) is 17.5 Å². The summed E-state index contributed by atoms with van der Waals surface area (Å²) in [7, 11) is 0. The Bertz CT molecular complexity index is 486. The van der Waals surface area contributed by atoms with Crippen molar-refractivity contribution in [2.45, 2.75) is 26.4 Å². The summed E-state index contributed by atoms with van der Waals surface area (Å²) < 4.78 is 5.50. The van der Waals surface area contributed by atoms with E-state index in [0.29, 0.717) is 0 Å². The average Bonchev–Trinajstić information content (AvgIpc) is 2.39. The average molecular weight is 281 g/mol. The Labute approximate surface area is 117 Å². The van der Waals surface area contributed by atoms with E-state index in [4.69, 9.17) is 14.9 Å². The molecule has 0 radical (unpaired) electrons. The number of benzene rings is 1. The van der Waals surface area contributed by atoms with Gasteiger partial charge in [-0.25, -0.2) is 4.79 Å². The number of hydrogen-bond acceptors (Lipinski definition) is 4. The third kappa shape index (κ3) is 5.27. The van der Waals surface area contributed by atoms with E-state index in [1.54, 1.807) is 0 Å². The SMILES string of the molecule is Cc1ccc(C)c(OCCC(=O)NC[C@H](O)C(=O)O)c1. The van der Waals surface area contributed by atoms with E-state index in [1.165, 1.54) is 0 Å². The van der Waals surface area contributed by atoms with Crippen LogP contribution in [0.3, 0.4) is 0 Å². The standard InChI is InChI=1S/C14H19NO5/c1-9-3-4-10(2)12(7-9)20-6-5-13(17)15-8-11(16)14(18)19/h3-4,7,11,16H,5-6,8H2,1-2H3,(H,15,17)(H,18,19)/t11-/m0/s1. The summed E-state index contributed by atoms with van der Waals surface area (Å²) in [6.45, 7) is 3.75. The van der Waals surface area contributed by atoms with Crippen LogP contribution in [0.2, 0.25) is 0 Å². The highest BCUT2D eigenvalue weighted by Gasteiger charge is 2.14. The van der Waals surface area contributed by atoms with Gasteiger partial charge >= 0.3 is 5.97 Å². The number of ether oxygens (including phenoxy) is 1. The molecule has 6 heteroatoms. The minimum atomic E-state index is -1.58. The zero-order valence-electron chi connectivity index (χ0n) is 11.5. The molecule has 0 aliphatic carbocycles. The maximum atomic E-state index is 11.4. The molecule has 0 saturated heterocycles. The lowest BCUT2D eigenvalue weighted by molar-refractivity contribution is -0.146. The van der Waals surface area contributed by atoms with Crippen molar-refractivity contribution in [1.29, 1.82) is 0 Å². The molecule has 1 aromatic carbocycles. The van der Waals surface area contributed by atoms with Gasteiger partial charge in [0.25, 0.3) is 0 Å². The molecule has 1 aromatic rings. The van der Waals surface area contributed by atoms with Crippen molar-refractivity contribution in [2.24, 2.45) is 0 Å². The topological polar surface area (TPSA) is 95.9 Å². The fraction of sp³-hybridized carbons (Fsp3) is 0.429. The van der Waals surface area contributed by atoms with Gasteiger partial charge in [0.2, 0.25) is 5.91 Å². The van der Waals surface area contributed by atoms with Gasteiger partial charge in [0, 0.05) is 0 Å². The summed E-state index contributed by atoms with van der Waals surface area (Å²) in [6, 6.07) is 5.80. The van der Waals surface area contributed by atoms with Crippen LogP contribution in [0.4, 0.5) is 0 Å². The largest absolute Gasteiger partial charge is 0.493 e. The van der Waals surface area contributed by atoms with Gasteiger partial charge in [-0.15, -0.1) is 0 Å². The zero-order chi connectivity index (χ0) is 15.1. The van der Waals surface area contributed by atoms with Gasteiger partial charge in [0.1, 0.15) is 5.75 Å². The summed E-state index contributed by atoms with van der Waals surface area (Å²) in [5.74, 6) is -1.00. The number of carbonyl (C=O) groups is 2. The van der Waals surface area contributed by atoms with E-state index in [1.807, 2.05) is 32.0 Å². The summed E-state index contributed by atoms with van der Waals surface area (Å²) in [5, 5.41) is 19.8. The quantitative estimate of drug-likeness (QED) is 0.681. The van der Waals surface area contributed by atoms with Crippen LogP contribution in [0.15, 0.2) is 18.2 Å². The van der Waals surface area contributed by atoms with Gasteiger partial charge < -0.3 is 20.3 Å². The lowest BCUT2D eigenvalue weighted by Crippen LogP contribution is -2.36. The molecule has 0 aromatic heterocycles. The number of aryl methyl sites for hydroxylation is 2. The third-order valence-corrected chi connectivity index (χ3v) is 2.71. The van der Waals surface area contributed by atoms with Crippen LogP contribution in [-0.2, 0) is 9.59 Å². The highest BCUT2D eigenvalue weighted by atomic mass is 16.5. The van der Waals surface area contributed by atoms with Crippen LogP contribution < -0.4 is 10.1 Å². The van der Waals surface area contributed by atoms with Crippen molar-refractivity contribution >= 4 is 11.9 Å². The van der Waals surface area contributed by atoms with Gasteiger partial charge in [-0.2, -0.15) is 0 Å². The zero-order valence-corrected chi connectivity index (χ0v) is 11.5. The molecule has 0 saturated carbocycles. The van der Waals surface area contributed by atoms with Crippen molar-refractivity contribution in [3.63, 3.8) is 0 Å². The molecule has 0 aliphatic rings. The molecule has 0 spiro atoms. The summed E-state index contributed by atoms with van der Waals surface area (Å²) in [4.78, 5) is 21.8. The Kier molecular flexibility index (Phi) is 5.99. The molecule has 0 aliphatic heterocycles. The van der Waals surface area contributed by atoms with Crippen molar-refractivity contribution < 1.29 is 24.5 Å². The Morgan fingerprint density at radius 3 is 2.70 bits per heavy atom. The van der Waals surface area contributed by atoms with Crippen LogP contribution >= 0.6 is 0 Å². The van der Waals surface area contributed by atoms with Crippen LogP contribution in [0.5, 0.6) is 5.75 Å². The number of hydrogen-bond donors (Lipinski definition) is 3. The van der Waals surface area contributed by atoms with E-state index >= 15 is 0 Å². The minimum absolute atomic E-state index is 0.0969. The smallest absolute Gasteiger partial charge is 0.334 e. The van der Waals surface area contributed by atoms with E-state index < -0.39 is 12.1 Å². The van der Waals surface area contributed by atoms with E-state index in [2.05, 4.69) is 5.32 Å². The highest BCUT2D eigenvalue weighted by molar-refractivity contribution is 5.78. The minimum Gasteiger partial charge on any atom is -0.493 e. The number of rotatable bonds is 7. The fourth-order valence-electron chi connectivity index (χ4n) is 1.50. The molecule has 0 bridgehead atoms. The van der Waals surface area contributed by atoms with Crippen molar-refractivity contribution in [3.05, 3.63) is 29.3 Å². The van der Waals surface area contributed by atoms with Gasteiger partial charge in [-0.05, 0) is 31.0 Å². The molecular weight excluding hydrogens is 262 g/mol. The maximum Gasteiger partial charge on any atom is 0.334 e. The van der Waals surface area contributed by atoms with Gasteiger partial charge in [-0.3, -0.25) is 4.79 Å². The highest BCUT2D eigenvalue weighted by Crippen LogP contribution is 2.19. The second kappa shape index (κ2) is 7.49. The Hall–Kier alpha value is -2.08. The fourth-order valence-corrected chi connectivity index (χ4v) is 1.50. The van der Waals surface area contributed by atoms with E-state index in [9.17, 15) is 9.59 Å². The van der Waals surface area contributed by atoms with E-state index in [-0.39, 0.29) is 25.5 Å². The molecule has 0 heterocycles. The first-order valence-corrected chi connectivity index (χ1v) is 6.27. The lowest BCUT2D eigenvalue weighted by atomic mass is 10.1. The van der Waals surface area contributed by atoms with Crippen LogP contribution in [0, 0.1) is 13.8 Å². The Morgan fingerprint density at radius 2 is 2.05 bits per heavy atom. The number of aliphatic hydroxyl groups excluding tert-OH is 1. The molecule has 0 unspecified atom stereocenters. The normalized spacial score (nSPS) is 11.8. The van der Waals surface area contributed by atoms with Crippen molar-refractivity contribution in [2.75, 3.05) is 13.2 Å². The number of carboxylic acids is 1. The molecule has 3 N–H and O–H groups in total. The monoisotopic (exact) mass is 281 g/mol. The Balaban J connectivity index is 2.31. The molecule has 110 valence electrons. The second-order valence-corrected chi connectivity index (χ2v) is 4.53. The number of carboxylic acid groups (broad SMARTS) is 1. The molecule has 1 amide bonds. The van der Waals surface area contributed by atoms with Crippen molar-refractivity contribution in [3.8, 4) is 5.75 Å². The lowest BCUT2D eigenvalue weighted by Gasteiger charge is -2.11. The molecule has 20 heavy (non-hydrogen) atoms. The van der Waals surface area contributed by atoms with Crippen molar-refractivity contribution in [1.82, 2.24) is 5.32 Å². The maximum absolute atomic E-state index is 11.4. The Morgan fingerprint density at radius 1 is 1.35 bits per heavy atom. The third-order valence-electron chi connectivity index (χ3n) is 2.71. The number of carbonyl (C=O) groups excluding carboxylic acids is 1. The predicted octanol–water partition coefficient (Wildman–Crippen LogP) is 0.634. The summed E-state index contributed by atoms with van der Waals surface area (Å²) >= 11 is 0. The second-order valence-electron chi connectivity index (χ2n) is 4.53. The molecule has 6 nitrogen and oxygen atoms in total. The first kappa shape index (κ1) is 16.0. The number of aliphatic carboxylic acids is 1. The van der Waals surface area contributed by atoms with Gasteiger partial charge in [0.15, 0.2) is 6.10 Å². The van der Waals surface area contributed by atoms with E-state index in [0.717, 1.165) is 16.9 Å². The summed E-state index contributed by atoms with van der Waals surface area (Å²) in [6.07, 6.45) is -1.49. The predicted molar refractivity (Wildman–Crippen MR) is 72.7 cm³/mol. The molecular formula is C14H19NO5. The first-order chi connectivity index (χ1) is 9.40. The number of amides is 1. The van der Waals surface area contributed by atoms with Crippen LogP contribution in [0.25, 0.3) is 0 Å². The number of nitrogens with one attached hydrogen (secondary N) is 1. The molecule has 1 atom stereocenters. The molecule has 0 fully saturated rings. The first-order valence-electron chi connectivity index (χ1n) is 6.27. The molecule has 1 rings (SSSR count). The summed E-state index contributed by atoms with van der Waals surface area (Å²) in [5.41, 5.74) is 2.05. The van der Waals surface area contributed by atoms with Crippen LogP contribution in [-0.4, -0.2) is 41.3 Å². The number of aliphatic hydroxyl groups is 1.